The number of carboxylic acid groups (broad SMARTS) is 1. The average molecular weight is 722 g/mol. The first-order chi connectivity index (χ1) is 24.2. The highest BCUT2D eigenvalue weighted by Gasteiger charge is 2.48. The molecule has 0 amide bonds. The molecule has 0 radical (unpaired) electrons. The molecule has 0 aliphatic carbocycles. The number of likely N-dealkylation sites (tertiary alicyclic amines) is 1. The molecule has 1 aromatic heterocycles. The van der Waals surface area contributed by atoms with Gasteiger partial charge >= 0.3 is 5.97 Å². The maximum absolute atomic E-state index is 14.2. The van der Waals surface area contributed by atoms with Crippen molar-refractivity contribution in [2.24, 2.45) is 0 Å². The van der Waals surface area contributed by atoms with Crippen LogP contribution >= 0.6 is 0 Å². The van der Waals surface area contributed by atoms with E-state index in [4.69, 9.17) is 23.4 Å². The smallest absolute Gasteiger partial charge is 0.320 e. The lowest BCUT2D eigenvalue weighted by Gasteiger charge is -2.42. The number of aliphatic hydroxyl groups excluding tert-OH is 6. The Bertz CT molecular complexity index is 1820. The zero-order valence-electron chi connectivity index (χ0n) is 27.1. The lowest BCUT2D eigenvalue weighted by Crippen LogP contribution is -2.61. The van der Waals surface area contributed by atoms with Gasteiger partial charge in [-0.15, -0.1) is 0 Å². The molecular weight excluding hydrogens is 682 g/mol. The molecule has 4 heterocycles. The van der Waals surface area contributed by atoms with Crippen LogP contribution in [0.2, 0.25) is 0 Å². The summed E-state index contributed by atoms with van der Waals surface area (Å²) >= 11 is 0. The fourth-order valence-corrected chi connectivity index (χ4v) is 6.58. The molecule has 18 nitrogen and oxygen atoms in total. The third-order valence-electron chi connectivity index (χ3n) is 9.48. The first-order valence-corrected chi connectivity index (χ1v) is 16.2. The van der Waals surface area contributed by atoms with Gasteiger partial charge in [0.2, 0.25) is 17.5 Å². The maximum Gasteiger partial charge on any atom is 0.320 e. The molecule has 0 saturated carbocycles. The molecule has 3 aliphatic heterocycles. The third-order valence-corrected chi connectivity index (χ3v) is 9.48. The number of phenols is 3. The van der Waals surface area contributed by atoms with Gasteiger partial charge in [0.15, 0.2) is 17.6 Å². The molecule has 3 fully saturated rings. The van der Waals surface area contributed by atoms with E-state index in [1.165, 1.54) is 31.2 Å². The van der Waals surface area contributed by atoms with E-state index in [9.17, 15) is 60.7 Å². The van der Waals surface area contributed by atoms with Crippen molar-refractivity contribution in [2.45, 2.75) is 93.8 Å². The number of hydrogen-bond acceptors (Lipinski definition) is 17. The largest absolute Gasteiger partial charge is 0.507 e. The van der Waals surface area contributed by atoms with Gasteiger partial charge < -0.3 is 74.4 Å². The number of para-hydroxylation sites is 1. The molecule has 3 aliphatic rings. The third kappa shape index (κ3) is 6.83. The Labute approximate surface area is 288 Å². The highest BCUT2D eigenvalue weighted by molar-refractivity contribution is 5.91. The molecule has 2 aromatic carbocycles. The fourth-order valence-electron chi connectivity index (χ4n) is 6.58. The zero-order valence-corrected chi connectivity index (χ0v) is 27.1. The Balaban J connectivity index is 1.38. The van der Waals surface area contributed by atoms with Crippen LogP contribution in [-0.2, 0) is 25.5 Å². The van der Waals surface area contributed by atoms with E-state index in [0.29, 0.717) is 19.4 Å². The topological polar surface area (TPSA) is 290 Å². The van der Waals surface area contributed by atoms with Crippen LogP contribution in [0.15, 0.2) is 39.5 Å². The SMILES string of the molecule is C[C@H]1O[C@@H](OC[C@@H]2O[C@@H](Oc3c(-c4ccccc4O)oc4c(CN5CCC[C@@H]5C(=O)O)c(O)cc(O)c4c3=O)[C@@H](O)[C@@H](O)[C@H]2O)[C@@H](O)[C@@H](O)[C@@H]1O. The molecule has 18 heteroatoms. The Morgan fingerprint density at radius 2 is 1.57 bits per heavy atom. The molecule has 278 valence electrons. The molecule has 51 heavy (non-hydrogen) atoms. The van der Waals surface area contributed by atoms with Crippen molar-refractivity contribution >= 4 is 16.9 Å². The molecule has 3 aromatic rings. The Morgan fingerprint density at radius 3 is 2.27 bits per heavy atom. The number of carbonyl (C=O) groups is 1. The van der Waals surface area contributed by atoms with Crippen LogP contribution in [0.5, 0.6) is 23.0 Å². The van der Waals surface area contributed by atoms with Crippen LogP contribution in [0.4, 0.5) is 0 Å². The standard InChI is InChI=1S/C33H39NO17/c1-12-21(38)24(41)26(43)32(48-12)47-11-19-22(39)25(42)27(44)33(49-19)51-30-23(40)20-18(37)9-17(36)14(10-34-8-4-6-15(34)31(45)46)28(20)50-29(30)13-5-2-3-7-16(13)35/h2-3,5,7,9,12,15,19,21-22,24-27,32-33,35-39,41-44H,4,6,8,10-11H2,1H3,(H,45,46)/t12-,15-,19+,21-,22+,24+,25+,26+,27+,32-,33+/m1/s1. The van der Waals surface area contributed by atoms with Gasteiger partial charge in [-0.2, -0.15) is 0 Å². The highest BCUT2D eigenvalue weighted by Crippen LogP contribution is 2.42. The van der Waals surface area contributed by atoms with Gasteiger partial charge in [0.05, 0.1) is 23.8 Å². The maximum atomic E-state index is 14.2. The van der Waals surface area contributed by atoms with E-state index < -0.39 is 120 Å². The quantitative estimate of drug-likeness (QED) is 0.122. The van der Waals surface area contributed by atoms with Gasteiger partial charge in [-0.25, -0.2) is 0 Å². The molecule has 11 atom stereocenters. The van der Waals surface area contributed by atoms with Crippen molar-refractivity contribution in [3.63, 3.8) is 0 Å². The van der Waals surface area contributed by atoms with E-state index in [-0.39, 0.29) is 23.3 Å². The van der Waals surface area contributed by atoms with Gasteiger partial charge in [0.25, 0.3) is 0 Å². The summed E-state index contributed by atoms with van der Waals surface area (Å²) in [5, 5.41) is 104. The monoisotopic (exact) mass is 721 g/mol. The van der Waals surface area contributed by atoms with Crippen molar-refractivity contribution in [3.8, 4) is 34.3 Å². The van der Waals surface area contributed by atoms with E-state index in [1.54, 1.807) is 4.90 Å². The first-order valence-electron chi connectivity index (χ1n) is 16.2. The highest BCUT2D eigenvalue weighted by atomic mass is 16.7. The number of fused-ring (bicyclic) bond motifs is 1. The Kier molecular flexibility index (Phi) is 10.4. The van der Waals surface area contributed by atoms with E-state index in [2.05, 4.69) is 0 Å². The molecule has 3 saturated heterocycles. The lowest BCUT2D eigenvalue weighted by molar-refractivity contribution is -0.318. The summed E-state index contributed by atoms with van der Waals surface area (Å²) in [6.07, 6.45) is -15.6. The minimum absolute atomic E-state index is 0.0416. The predicted molar refractivity (Wildman–Crippen MR) is 170 cm³/mol. The van der Waals surface area contributed by atoms with Crippen LogP contribution in [0.3, 0.4) is 0 Å². The van der Waals surface area contributed by atoms with Gasteiger partial charge in [-0.3, -0.25) is 14.5 Å². The zero-order chi connectivity index (χ0) is 36.9. The van der Waals surface area contributed by atoms with Crippen molar-refractivity contribution in [3.05, 3.63) is 46.1 Å². The number of phenolic OH excluding ortho intramolecular Hbond substituents is 3. The second kappa shape index (κ2) is 14.5. The molecule has 6 rings (SSSR count). The molecule has 0 spiro atoms. The van der Waals surface area contributed by atoms with Crippen LogP contribution in [0.1, 0.15) is 25.3 Å². The summed E-state index contributed by atoms with van der Waals surface area (Å²) in [7, 11) is 0. The second-order valence-corrected chi connectivity index (χ2v) is 12.8. The molecule has 0 bridgehead atoms. The number of rotatable bonds is 9. The molecule has 0 unspecified atom stereocenters. The van der Waals surface area contributed by atoms with Gasteiger partial charge in [0.1, 0.15) is 71.4 Å². The summed E-state index contributed by atoms with van der Waals surface area (Å²) < 4.78 is 28.5. The summed E-state index contributed by atoms with van der Waals surface area (Å²) in [5.74, 6) is -3.93. The van der Waals surface area contributed by atoms with Gasteiger partial charge in [0, 0.05) is 12.6 Å². The van der Waals surface area contributed by atoms with Crippen molar-refractivity contribution in [1.29, 1.82) is 0 Å². The molecular formula is C33H39NO17. The summed E-state index contributed by atoms with van der Waals surface area (Å²) in [6.45, 7) is 0.940. The van der Waals surface area contributed by atoms with Crippen molar-refractivity contribution in [1.82, 2.24) is 4.90 Å². The number of ether oxygens (including phenoxy) is 4. The van der Waals surface area contributed by atoms with Crippen LogP contribution in [0.25, 0.3) is 22.3 Å². The van der Waals surface area contributed by atoms with Crippen LogP contribution in [-0.4, -0.2) is 143 Å². The number of aliphatic hydroxyl groups is 6. The first kappa shape index (κ1) is 36.7. The number of carboxylic acids is 1. The predicted octanol–water partition coefficient (Wildman–Crippen LogP) is -1.34. The average Bonchev–Trinajstić information content (AvgIpc) is 3.57. The number of benzene rings is 2. The van der Waals surface area contributed by atoms with Crippen LogP contribution in [0, 0.1) is 0 Å². The normalized spacial score (nSPS) is 33.0. The van der Waals surface area contributed by atoms with Crippen LogP contribution < -0.4 is 10.2 Å². The summed E-state index contributed by atoms with van der Waals surface area (Å²) in [5.41, 5.74) is -1.58. The second-order valence-electron chi connectivity index (χ2n) is 12.8. The van der Waals surface area contributed by atoms with E-state index in [1.807, 2.05) is 0 Å². The number of aliphatic carboxylic acids is 1. The summed E-state index contributed by atoms with van der Waals surface area (Å²) in [6, 6.07) is 5.57. The number of aromatic hydroxyl groups is 3. The lowest BCUT2D eigenvalue weighted by atomic mass is 9.98. The van der Waals surface area contributed by atoms with Gasteiger partial charge in [-0.1, -0.05) is 12.1 Å². The number of hydrogen-bond donors (Lipinski definition) is 10. The fraction of sp³-hybridized carbons (Fsp3) is 0.515. The van der Waals surface area contributed by atoms with Gasteiger partial charge in [-0.05, 0) is 38.4 Å². The van der Waals surface area contributed by atoms with Crippen molar-refractivity contribution < 1.29 is 79.2 Å². The summed E-state index contributed by atoms with van der Waals surface area (Å²) in [4.78, 5) is 27.6. The minimum Gasteiger partial charge on any atom is -0.507 e. The van der Waals surface area contributed by atoms with Crippen molar-refractivity contribution in [2.75, 3.05) is 13.2 Å². The number of nitrogens with zero attached hydrogens (tertiary/aromatic N) is 1. The van der Waals surface area contributed by atoms with E-state index in [0.717, 1.165) is 6.07 Å². The Hall–Kier alpha value is -4.08. The Morgan fingerprint density at radius 1 is 0.882 bits per heavy atom. The van der Waals surface area contributed by atoms with E-state index >= 15 is 0 Å². The molecule has 10 N–H and O–H groups in total. The minimum atomic E-state index is -2.01.